The molecule has 0 amide bonds. The Kier molecular flexibility index (Phi) is 2.87. The normalized spacial score (nSPS) is 12.8. The maximum Gasteiger partial charge on any atom is 0.259 e. The van der Waals surface area contributed by atoms with E-state index < -0.39 is 10.0 Å². The summed E-state index contributed by atoms with van der Waals surface area (Å²) in [5.74, 6) is 0.174. The third kappa shape index (κ3) is 1.91. The van der Waals surface area contributed by atoms with Gasteiger partial charge in [0.15, 0.2) is 10.9 Å². The molecule has 14 heavy (non-hydrogen) atoms. The number of aromatic nitrogens is 2. The van der Waals surface area contributed by atoms with Crippen LogP contribution in [-0.2, 0) is 10.0 Å². The lowest BCUT2D eigenvalue weighted by Gasteiger charge is -2.07. The van der Waals surface area contributed by atoms with Crippen LogP contribution in [0, 0.1) is 0 Å². The number of aromatic amines is 1. The minimum absolute atomic E-state index is 0.0441. The van der Waals surface area contributed by atoms with Gasteiger partial charge in [-0.25, -0.2) is 17.7 Å². The molecule has 2 N–H and O–H groups in total. The minimum atomic E-state index is -3.50. The molecule has 0 unspecified atom stereocenters. The first-order valence-corrected chi connectivity index (χ1v) is 5.07. The van der Waals surface area contributed by atoms with Crippen molar-refractivity contribution < 1.29 is 13.6 Å². The van der Waals surface area contributed by atoms with Gasteiger partial charge in [0.1, 0.15) is 6.21 Å². The van der Waals surface area contributed by atoms with Gasteiger partial charge in [0.2, 0.25) is 0 Å². The smallest absolute Gasteiger partial charge is 0.259 e. The summed E-state index contributed by atoms with van der Waals surface area (Å²) in [6, 6.07) is 0. The van der Waals surface area contributed by atoms with Crippen LogP contribution in [-0.4, -0.2) is 48.2 Å². The Morgan fingerprint density at radius 2 is 2.29 bits per heavy atom. The largest absolute Gasteiger partial charge is 0.411 e. The highest BCUT2D eigenvalue weighted by molar-refractivity contribution is 7.89. The molecule has 8 heteroatoms. The zero-order valence-corrected chi connectivity index (χ0v) is 8.48. The number of hydrogen-bond acceptors (Lipinski definition) is 5. The molecule has 0 bridgehead atoms. The van der Waals surface area contributed by atoms with Crippen LogP contribution in [0.25, 0.3) is 0 Å². The standard InChI is InChI=1S/C6H10N4O3S/c1-10(2)14(12,13)6-4-7-5(9-6)3-8-11/h3-4,11H,1-2H3,(H,7,9). The second-order valence-electron chi connectivity index (χ2n) is 2.66. The van der Waals surface area contributed by atoms with Crippen molar-refractivity contribution >= 4 is 16.2 Å². The number of nitrogens with zero attached hydrogens (tertiary/aromatic N) is 3. The van der Waals surface area contributed by atoms with Crippen LogP contribution in [0.4, 0.5) is 0 Å². The Labute approximate surface area is 81.1 Å². The zero-order chi connectivity index (χ0) is 10.8. The van der Waals surface area contributed by atoms with Crippen LogP contribution in [0.3, 0.4) is 0 Å². The molecule has 78 valence electrons. The van der Waals surface area contributed by atoms with Gasteiger partial charge in [-0.15, -0.1) is 0 Å². The predicted molar refractivity (Wildman–Crippen MR) is 48.8 cm³/mol. The molecule has 0 aliphatic carbocycles. The number of oxime groups is 1. The van der Waals surface area contributed by atoms with E-state index in [9.17, 15) is 8.42 Å². The molecule has 0 fully saturated rings. The van der Waals surface area contributed by atoms with E-state index in [-0.39, 0.29) is 10.9 Å². The average molecular weight is 218 g/mol. The third-order valence-corrected chi connectivity index (χ3v) is 3.24. The van der Waals surface area contributed by atoms with Crippen molar-refractivity contribution in [3.63, 3.8) is 0 Å². The fourth-order valence-electron chi connectivity index (χ4n) is 0.767. The molecule has 1 heterocycles. The van der Waals surface area contributed by atoms with Crippen molar-refractivity contribution in [3.05, 3.63) is 12.0 Å². The first kappa shape index (κ1) is 10.7. The first-order chi connectivity index (χ1) is 6.48. The summed E-state index contributed by atoms with van der Waals surface area (Å²) < 4.78 is 24.1. The molecule has 0 aromatic carbocycles. The second-order valence-corrected chi connectivity index (χ2v) is 4.78. The van der Waals surface area contributed by atoms with Crippen molar-refractivity contribution in [3.8, 4) is 0 Å². The Bertz CT molecular complexity index is 434. The van der Waals surface area contributed by atoms with Crippen molar-refractivity contribution in [1.29, 1.82) is 0 Å². The Hall–Kier alpha value is -1.41. The summed E-state index contributed by atoms with van der Waals surface area (Å²) in [6.45, 7) is 0. The molecule has 7 nitrogen and oxygen atoms in total. The summed E-state index contributed by atoms with van der Waals surface area (Å²) in [7, 11) is -0.677. The van der Waals surface area contributed by atoms with E-state index in [0.29, 0.717) is 0 Å². The highest BCUT2D eigenvalue weighted by Gasteiger charge is 2.19. The topological polar surface area (TPSA) is 98.7 Å². The molecule has 1 aromatic rings. The van der Waals surface area contributed by atoms with E-state index in [0.717, 1.165) is 16.7 Å². The zero-order valence-electron chi connectivity index (χ0n) is 7.67. The van der Waals surface area contributed by atoms with Gasteiger partial charge >= 0.3 is 0 Å². The molecule has 0 atom stereocenters. The fraction of sp³-hybridized carbons (Fsp3) is 0.333. The monoisotopic (exact) mass is 218 g/mol. The van der Waals surface area contributed by atoms with E-state index in [1.807, 2.05) is 0 Å². The molecular formula is C6H10N4O3S. The van der Waals surface area contributed by atoms with Crippen LogP contribution < -0.4 is 0 Å². The number of nitrogens with one attached hydrogen (secondary N) is 1. The average Bonchev–Trinajstić information content (AvgIpc) is 2.53. The van der Waals surface area contributed by atoms with E-state index >= 15 is 0 Å². The van der Waals surface area contributed by atoms with Gasteiger partial charge in [0, 0.05) is 14.1 Å². The molecule has 0 aliphatic heterocycles. The third-order valence-electron chi connectivity index (χ3n) is 1.51. The Morgan fingerprint density at radius 1 is 1.64 bits per heavy atom. The number of imidazole rings is 1. The highest BCUT2D eigenvalue weighted by atomic mass is 32.2. The van der Waals surface area contributed by atoms with E-state index in [1.54, 1.807) is 0 Å². The summed E-state index contributed by atoms with van der Waals surface area (Å²) in [5, 5.41) is 10.9. The van der Waals surface area contributed by atoms with Gasteiger partial charge in [0.05, 0.1) is 6.20 Å². The molecule has 0 radical (unpaired) electrons. The van der Waals surface area contributed by atoms with Gasteiger partial charge in [0.25, 0.3) is 10.0 Å². The summed E-state index contributed by atoms with van der Waals surface area (Å²) in [5.41, 5.74) is 0. The highest BCUT2D eigenvalue weighted by Crippen LogP contribution is 2.08. The van der Waals surface area contributed by atoms with Crippen LogP contribution in [0.15, 0.2) is 16.4 Å². The lowest BCUT2D eigenvalue weighted by molar-refractivity contribution is 0.321. The molecule has 1 aromatic heterocycles. The predicted octanol–water partition coefficient (Wildman–Crippen LogP) is -0.532. The maximum absolute atomic E-state index is 11.5. The van der Waals surface area contributed by atoms with Crippen molar-refractivity contribution in [2.45, 2.75) is 5.03 Å². The fourth-order valence-corrected chi connectivity index (χ4v) is 1.58. The van der Waals surface area contributed by atoms with E-state index in [2.05, 4.69) is 15.1 Å². The van der Waals surface area contributed by atoms with Gasteiger partial charge in [-0.05, 0) is 0 Å². The first-order valence-electron chi connectivity index (χ1n) is 3.63. The van der Waals surface area contributed by atoms with Gasteiger partial charge in [-0.2, -0.15) is 0 Å². The minimum Gasteiger partial charge on any atom is -0.411 e. The van der Waals surface area contributed by atoms with Crippen LogP contribution in [0.2, 0.25) is 0 Å². The molecular weight excluding hydrogens is 208 g/mol. The molecule has 0 spiro atoms. The number of sulfonamides is 1. The van der Waals surface area contributed by atoms with Gasteiger partial charge < -0.3 is 10.2 Å². The van der Waals surface area contributed by atoms with Crippen molar-refractivity contribution in [1.82, 2.24) is 14.3 Å². The second kappa shape index (κ2) is 3.76. The number of H-pyrrole nitrogens is 1. The van der Waals surface area contributed by atoms with Crippen molar-refractivity contribution in [2.75, 3.05) is 14.1 Å². The van der Waals surface area contributed by atoms with Crippen LogP contribution in [0.5, 0.6) is 0 Å². The van der Waals surface area contributed by atoms with E-state index in [4.69, 9.17) is 5.21 Å². The Morgan fingerprint density at radius 3 is 2.79 bits per heavy atom. The maximum atomic E-state index is 11.5. The Balaban J connectivity index is 3.10. The quantitative estimate of drug-likeness (QED) is 0.404. The summed E-state index contributed by atoms with van der Waals surface area (Å²) >= 11 is 0. The van der Waals surface area contributed by atoms with Crippen molar-refractivity contribution in [2.24, 2.45) is 5.16 Å². The molecule has 0 saturated carbocycles. The number of rotatable bonds is 3. The lowest BCUT2D eigenvalue weighted by Crippen LogP contribution is -2.22. The SMILES string of the molecule is CN(C)S(=O)(=O)c1cnc(C=NO)[nH]1. The molecule has 1 rings (SSSR count). The summed E-state index contributed by atoms with van der Waals surface area (Å²) in [6.07, 6.45) is 2.17. The number of hydrogen-bond donors (Lipinski definition) is 2. The lowest BCUT2D eigenvalue weighted by atomic mass is 10.7. The van der Waals surface area contributed by atoms with Gasteiger partial charge in [-0.3, -0.25) is 0 Å². The van der Waals surface area contributed by atoms with Crippen LogP contribution >= 0.6 is 0 Å². The van der Waals surface area contributed by atoms with E-state index in [1.165, 1.54) is 14.1 Å². The summed E-state index contributed by atoms with van der Waals surface area (Å²) in [4.78, 5) is 6.17. The van der Waals surface area contributed by atoms with Crippen LogP contribution in [0.1, 0.15) is 5.82 Å². The van der Waals surface area contributed by atoms with Gasteiger partial charge in [-0.1, -0.05) is 5.16 Å². The molecule has 0 saturated heterocycles. The molecule has 0 aliphatic rings.